The van der Waals surface area contributed by atoms with Gasteiger partial charge in [0.1, 0.15) is 0 Å². The van der Waals surface area contributed by atoms with Crippen LogP contribution >= 0.6 is 45.2 Å². The summed E-state index contributed by atoms with van der Waals surface area (Å²) in [6, 6.07) is 4.93. The van der Waals surface area contributed by atoms with Gasteiger partial charge in [0.15, 0.2) is 0 Å². The smallest absolute Gasteiger partial charge is 0.0940 e. The Hall–Kier alpha value is -0.500. The molecule has 0 bridgehead atoms. The molecular formula is C36H54I2N2. The molecule has 3 rings (SSSR count). The molecule has 1 heterocycles. The Kier molecular flexibility index (Phi) is 16.1. The lowest BCUT2D eigenvalue weighted by atomic mass is 9.96. The first-order valence-corrected chi connectivity index (χ1v) is 18.8. The molecule has 4 heteroatoms. The summed E-state index contributed by atoms with van der Waals surface area (Å²) < 4.78 is 2.80. The maximum atomic E-state index is 5.62. The van der Waals surface area contributed by atoms with Gasteiger partial charge in [-0.2, -0.15) is 0 Å². The van der Waals surface area contributed by atoms with Gasteiger partial charge in [0.2, 0.25) is 0 Å². The molecule has 0 amide bonds. The molecule has 0 atom stereocenters. The molecule has 0 radical (unpaired) electrons. The average Bonchev–Trinajstić information content (AvgIpc) is 2.95. The van der Waals surface area contributed by atoms with Gasteiger partial charge in [-0.15, -0.1) is 0 Å². The van der Waals surface area contributed by atoms with Crippen LogP contribution in [0.3, 0.4) is 0 Å². The van der Waals surface area contributed by atoms with E-state index in [2.05, 4.69) is 85.0 Å². The largest absolute Gasteiger partial charge is 0.244 e. The van der Waals surface area contributed by atoms with E-state index in [1.165, 1.54) is 154 Å². The highest BCUT2D eigenvalue weighted by molar-refractivity contribution is 14.1. The Bertz CT molecular complexity index is 1090. The molecule has 2 aromatic carbocycles. The summed E-state index contributed by atoms with van der Waals surface area (Å²) in [6.45, 7) is 9.19. The molecule has 0 saturated carbocycles. The third kappa shape index (κ3) is 9.77. The first-order valence-electron chi connectivity index (χ1n) is 16.7. The predicted octanol–water partition coefficient (Wildman–Crippen LogP) is 12.5. The van der Waals surface area contributed by atoms with Crippen molar-refractivity contribution < 1.29 is 0 Å². The van der Waals surface area contributed by atoms with E-state index in [0.29, 0.717) is 0 Å². The molecule has 3 aromatic rings. The van der Waals surface area contributed by atoms with E-state index >= 15 is 0 Å². The lowest BCUT2D eigenvalue weighted by Crippen LogP contribution is -2.06. The van der Waals surface area contributed by atoms with Crippen LogP contribution in [0.15, 0.2) is 12.1 Å². The van der Waals surface area contributed by atoms with Crippen molar-refractivity contribution in [2.24, 2.45) is 0 Å². The first kappa shape index (κ1) is 34.0. The van der Waals surface area contributed by atoms with Gasteiger partial charge in [-0.05, 0) is 131 Å². The minimum Gasteiger partial charge on any atom is -0.244 e. The van der Waals surface area contributed by atoms with Crippen molar-refractivity contribution in [1.82, 2.24) is 9.97 Å². The Labute approximate surface area is 273 Å². The van der Waals surface area contributed by atoms with Gasteiger partial charge in [-0.25, -0.2) is 9.97 Å². The van der Waals surface area contributed by atoms with Crippen LogP contribution in [0.4, 0.5) is 0 Å². The highest BCUT2D eigenvalue weighted by Gasteiger charge is 2.19. The minimum absolute atomic E-state index is 1.11. The van der Waals surface area contributed by atoms with E-state index in [1.54, 1.807) is 0 Å². The second-order valence-electron chi connectivity index (χ2n) is 11.9. The molecule has 222 valence electrons. The molecule has 0 aliphatic rings. The molecular weight excluding hydrogens is 714 g/mol. The van der Waals surface area contributed by atoms with Crippen molar-refractivity contribution in [2.75, 3.05) is 0 Å². The summed E-state index contributed by atoms with van der Waals surface area (Å²) in [6.07, 6.45) is 25.0. The Balaban J connectivity index is 2.17. The molecule has 2 nitrogen and oxygen atoms in total. The van der Waals surface area contributed by atoms with Crippen LogP contribution in [0, 0.1) is 7.14 Å². The monoisotopic (exact) mass is 768 g/mol. The molecule has 0 aliphatic heterocycles. The van der Waals surface area contributed by atoms with Gasteiger partial charge in [-0.1, -0.05) is 105 Å². The fraction of sp³-hybridized carbons (Fsp3) is 0.667. The fourth-order valence-electron chi connectivity index (χ4n) is 5.95. The summed E-state index contributed by atoms with van der Waals surface area (Å²) in [4.78, 5) is 11.2. The normalized spacial score (nSPS) is 11.8. The van der Waals surface area contributed by atoms with E-state index in [9.17, 15) is 0 Å². The lowest BCUT2D eigenvalue weighted by molar-refractivity contribution is 0.663. The van der Waals surface area contributed by atoms with Gasteiger partial charge < -0.3 is 0 Å². The number of aryl methyl sites for hydroxylation is 4. The molecule has 1 aromatic heterocycles. The molecule has 0 saturated heterocycles. The molecule has 0 aliphatic carbocycles. The van der Waals surface area contributed by atoms with Gasteiger partial charge in [0.25, 0.3) is 0 Å². The molecule has 40 heavy (non-hydrogen) atoms. The van der Waals surface area contributed by atoms with Crippen LogP contribution in [0.2, 0.25) is 0 Å². The van der Waals surface area contributed by atoms with E-state index in [1.807, 2.05) is 0 Å². The summed E-state index contributed by atoms with van der Waals surface area (Å²) >= 11 is 5.19. The zero-order valence-corrected chi connectivity index (χ0v) is 30.3. The standard InChI is InChI=1S/C36H54I2N2/c1-5-9-13-17-21-27-25-31(37)29(23-19-15-11-7-3)35-33(27)39-36-30(24-20-16-12-8-4)32(38)26-28(34(36)40-35)22-18-14-10-6-2/h25-26H,5-24H2,1-4H3. The number of aromatic nitrogens is 2. The Morgan fingerprint density at radius 2 is 0.750 bits per heavy atom. The van der Waals surface area contributed by atoms with Crippen molar-refractivity contribution >= 4 is 67.2 Å². The molecule has 0 fully saturated rings. The van der Waals surface area contributed by atoms with Crippen molar-refractivity contribution in [1.29, 1.82) is 0 Å². The van der Waals surface area contributed by atoms with Crippen LogP contribution in [0.5, 0.6) is 0 Å². The van der Waals surface area contributed by atoms with E-state index in [-0.39, 0.29) is 0 Å². The van der Waals surface area contributed by atoms with Crippen LogP contribution in [0.25, 0.3) is 22.1 Å². The summed E-state index contributed by atoms with van der Waals surface area (Å²) in [7, 11) is 0. The topological polar surface area (TPSA) is 25.8 Å². The van der Waals surface area contributed by atoms with Crippen LogP contribution in [-0.4, -0.2) is 9.97 Å². The zero-order chi connectivity index (χ0) is 28.7. The average molecular weight is 769 g/mol. The minimum atomic E-state index is 1.11. The number of benzene rings is 2. The van der Waals surface area contributed by atoms with Crippen LogP contribution in [0.1, 0.15) is 153 Å². The van der Waals surface area contributed by atoms with Gasteiger partial charge in [0.05, 0.1) is 22.1 Å². The van der Waals surface area contributed by atoms with Gasteiger partial charge in [-0.3, -0.25) is 0 Å². The number of unbranched alkanes of at least 4 members (excludes halogenated alkanes) is 12. The van der Waals surface area contributed by atoms with E-state index in [4.69, 9.17) is 9.97 Å². The maximum Gasteiger partial charge on any atom is 0.0940 e. The van der Waals surface area contributed by atoms with Crippen molar-refractivity contribution in [3.63, 3.8) is 0 Å². The van der Waals surface area contributed by atoms with Crippen LogP contribution in [-0.2, 0) is 25.7 Å². The van der Waals surface area contributed by atoms with Crippen molar-refractivity contribution in [3.05, 3.63) is 41.5 Å². The molecule has 0 N–H and O–H groups in total. The number of hydrogen-bond acceptors (Lipinski definition) is 2. The van der Waals surface area contributed by atoms with Gasteiger partial charge in [0, 0.05) is 7.14 Å². The second kappa shape index (κ2) is 18.9. The summed E-state index contributed by atoms with van der Waals surface area (Å²) in [5, 5.41) is 0. The first-order chi connectivity index (χ1) is 19.5. The van der Waals surface area contributed by atoms with Crippen molar-refractivity contribution in [2.45, 2.75) is 156 Å². The zero-order valence-electron chi connectivity index (χ0n) is 25.9. The quantitative estimate of drug-likeness (QED) is 0.0650. The highest BCUT2D eigenvalue weighted by Crippen LogP contribution is 2.34. The Morgan fingerprint density at radius 1 is 0.425 bits per heavy atom. The van der Waals surface area contributed by atoms with Gasteiger partial charge >= 0.3 is 0 Å². The van der Waals surface area contributed by atoms with Crippen LogP contribution < -0.4 is 0 Å². The highest BCUT2D eigenvalue weighted by atomic mass is 127. The van der Waals surface area contributed by atoms with Crippen molar-refractivity contribution in [3.8, 4) is 0 Å². The number of nitrogens with zero attached hydrogens (tertiary/aromatic N) is 2. The van der Waals surface area contributed by atoms with E-state index in [0.717, 1.165) is 25.7 Å². The second-order valence-corrected chi connectivity index (χ2v) is 14.2. The number of hydrogen-bond donors (Lipinski definition) is 0. The predicted molar refractivity (Wildman–Crippen MR) is 194 cm³/mol. The molecule has 0 unspecified atom stereocenters. The summed E-state index contributed by atoms with van der Waals surface area (Å²) in [5.74, 6) is 0. The number of fused-ring (bicyclic) bond motifs is 2. The lowest BCUT2D eigenvalue weighted by Gasteiger charge is -2.18. The third-order valence-electron chi connectivity index (χ3n) is 8.41. The fourth-order valence-corrected chi connectivity index (χ4v) is 7.75. The number of rotatable bonds is 20. The Morgan fingerprint density at radius 3 is 1.07 bits per heavy atom. The summed E-state index contributed by atoms with van der Waals surface area (Å²) in [5.41, 5.74) is 10.5. The number of halogens is 2. The third-order valence-corrected chi connectivity index (χ3v) is 10.3. The van der Waals surface area contributed by atoms with E-state index < -0.39 is 0 Å². The maximum absolute atomic E-state index is 5.62. The SMILES string of the molecule is CCCCCCc1cc(I)c(CCCCCC)c2nc3c(CCCCCC)cc(I)c(CCCCCC)c3nc12. The molecule has 0 spiro atoms.